The SMILES string of the molecule is COc1cc(-c2cn(C)c(=O)c3cnccc23)c(OC)cc1CN1CCN(CC2CCN(C(=O)c3ccc(OC)c(N4CCC(=O)NC4=O)c3)CC2)CC1. The Balaban J connectivity index is 0.939. The van der Waals surface area contributed by atoms with Gasteiger partial charge in [-0.15, -0.1) is 0 Å². The average Bonchev–Trinajstić information content (AvgIpc) is 3.19. The number of nitrogens with zero attached hydrogens (tertiary/aromatic N) is 6. The second-order valence-electron chi connectivity index (χ2n) is 14.2. The standard InChI is InChI=1S/C40H47N7O7/c1-43-25-32(29-7-11-41-22-31(29)39(43)50)30-21-35(53-3)28(20-36(30)54-4)24-45-17-15-44(16-18-45)23-26-8-12-46(13-9-26)38(49)27-5-6-34(52-2)33(19-27)47-14-10-37(48)42-40(47)51/h5-7,11,19-22,25-26H,8-10,12-18,23-24H2,1-4H3,(H,42,48,51). The molecule has 3 aliphatic heterocycles. The topological polar surface area (TPSA) is 139 Å². The van der Waals surface area contributed by atoms with E-state index in [0.717, 1.165) is 79.9 Å². The van der Waals surface area contributed by atoms with Crippen LogP contribution in [0, 0.1) is 5.92 Å². The van der Waals surface area contributed by atoms with Crippen LogP contribution in [0.15, 0.2) is 59.8 Å². The maximum atomic E-state index is 13.6. The first-order valence-corrected chi connectivity index (χ1v) is 18.4. The molecule has 14 nitrogen and oxygen atoms in total. The third-order valence-electron chi connectivity index (χ3n) is 10.9. The smallest absolute Gasteiger partial charge is 0.328 e. The molecule has 0 saturated carbocycles. The third-order valence-corrected chi connectivity index (χ3v) is 10.9. The number of imide groups is 1. The summed E-state index contributed by atoms with van der Waals surface area (Å²) in [6.45, 7) is 7.06. The summed E-state index contributed by atoms with van der Waals surface area (Å²) in [5, 5.41) is 3.70. The summed E-state index contributed by atoms with van der Waals surface area (Å²) < 4.78 is 18.9. The van der Waals surface area contributed by atoms with Gasteiger partial charge in [0.2, 0.25) is 5.91 Å². The van der Waals surface area contributed by atoms with Crippen molar-refractivity contribution in [3.8, 4) is 28.4 Å². The first kappa shape index (κ1) is 36.9. The molecule has 3 aliphatic rings. The van der Waals surface area contributed by atoms with Crippen LogP contribution in [0.2, 0.25) is 0 Å². The lowest BCUT2D eigenvalue weighted by Crippen LogP contribution is -2.49. The summed E-state index contributed by atoms with van der Waals surface area (Å²) in [5.41, 5.74) is 3.63. The van der Waals surface area contributed by atoms with Crippen molar-refractivity contribution < 1.29 is 28.6 Å². The molecule has 4 amide bonds. The van der Waals surface area contributed by atoms with E-state index < -0.39 is 6.03 Å². The molecular weight excluding hydrogens is 690 g/mol. The molecule has 284 valence electrons. The van der Waals surface area contributed by atoms with E-state index in [1.165, 1.54) is 12.0 Å². The Bertz CT molecular complexity index is 2120. The van der Waals surface area contributed by atoms with Gasteiger partial charge in [0.1, 0.15) is 17.2 Å². The summed E-state index contributed by atoms with van der Waals surface area (Å²) in [7, 11) is 6.61. The molecule has 7 rings (SSSR count). The fourth-order valence-electron chi connectivity index (χ4n) is 7.89. The van der Waals surface area contributed by atoms with Crippen molar-refractivity contribution in [1.29, 1.82) is 0 Å². The lowest BCUT2D eigenvalue weighted by Gasteiger charge is -2.39. The van der Waals surface area contributed by atoms with Crippen molar-refractivity contribution >= 4 is 34.3 Å². The highest BCUT2D eigenvalue weighted by atomic mass is 16.5. The van der Waals surface area contributed by atoms with Gasteiger partial charge in [0.25, 0.3) is 11.5 Å². The number of rotatable bonds is 10. The number of methoxy groups -OCH3 is 3. The van der Waals surface area contributed by atoms with E-state index in [9.17, 15) is 19.2 Å². The summed E-state index contributed by atoms with van der Waals surface area (Å²) in [6.07, 6.45) is 7.17. The molecule has 2 aromatic carbocycles. The van der Waals surface area contributed by atoms with Crippen LogP contribution < -0.4 is 30.0 Å². The number of ether oxygens (including phenoxy) is 3. The van der Waals surface area contributed by atoms with E-state index in [-0.39, 0.29) is 30.3 Å². The molecule has 3 fully saturated rings. The van der Waals surface area contributed by atoms with Gasteiger partial charge in [-0.25, -0.2) is 4.79 Å². The summed E-state index contributed by atoms with van der Waals surface area (Å²) in [6, 6.07) is 10.5. The Labute approximate surface area is 314 Å². The van der Waals surface area contributed by atoms with Crippen molar-refractivity contribution in [3.63, 3.8) is 0 Å². The molecule has 2 aromatic heterocycles. The minimum absolute atomic E-state index is 0.0698. The maximum absolute atomic E-state index is 13.6. The van der Waals surface area contributed by atoms with E-state index >= 15 is 0 Å². The zero-order valence-electron chi connectivity index (χ0n) is 31.3. The van der Waals surface area contributed by atoms with Gasteiger partial charge >= 0.3 is 6.03 Å². The average molecular weight is 738 g/mol. The highest BCUT2D eigenvalue weighted by molar-refractivity contribution is 6.07. The molecule has 0 atom stereocenters. The van der Waals surface area contributed by atoms with Gasteiger partial charge in [0, 0.05) is 113 Å². The minimum Gasteiger partial charge on any atom is -0.496 e. The van der Waals surface area contributed by atoms with Crippen LogP contribution >= 0.6 is 0 Å². The van der Waals surface area contributed by atoms with Gasteiger partial charge in [0.15, 0.2) is 0 Å². The number of anilines is 1. The van der Waals surface area contributed by atoms with Gasteiger partial charge in [-0.1, -0.05) is 0 Å². The zero-order chi connectivity index (χ0) is 37.9. The molecule has 0 aliphatic carbocycles. The number of piperidine rings is 1. The molecular formula is C40H47N7O7. The molecule has 0 spiro atoms. The number of nitrogens with one attached hydrogen (secondary N) is 1. The van der Waals surface area contributed by atoms with Crippen LogP contribution in [0.5, 0.6) is 17.2 Å². The monoisotopic (exact) mass is 737 g/mol. The van der Waals surface area contributed by atoms with Gasteiger partial charge in [0.05, 0.1) is 32.4 Å². The quantitative estimate of drug-likeness (QED) is 0.256. The Hall–Kier alpha value is -5.47. The summed E-state index contributed by atoms with van der Waals surface area (Å²) in [5.74, 6) is 2.07. The number of benzene rings is 2. The van der Waals surface area contributed by atoms with Crippen LogP contribution in [-0.4, -0.2) is 116 Å². The number of hydrogen-bond donors (Lipinski definition) is 1. The predicted octanol–water partition coefficient (Wildman–Crippen LogP) is 3.74. The first-order chi connectivity index (χ1) is 26.2. The molecule has 54 heavy (non-hydrogen) atoms. The van der Waals surface area contributed by atoms with Crippen LogP contribution in [-0.2, 0) is 18.4 Å². The highest BCUT2D eigenvalue weighted by Crippen LogP contribution is 2.39. The number of carbonyl (C=O) groups excluding carboxylic acids is 3. The van der Waals surface area contributed by atoms with Gasteiger partial charge in [-0.3, -0.25) is 34.5 Å². The zero-order valence-corrected chi connectivity index (χ0v) is 31.3. The van der Waals surface area contributed by atoms with Crippen molar-refractivity contribution in [1.82, 2.24) is 29.6 Å². The van der Waals surface area contributed by atoms with E-state index in [4.69, 9.17) is 14.2 Å². The van der Waals surface area contributed by atoms with Crippen molar-refractivity contribution in [3.05, 3.63) is 76.5 Å². The van der Waals surface area contributed by atoms with E-state index in [1.807, 2.05) is 29.3 Å². The summed E-state index contributed by atoms with van der Waals surface area (Å²) in [4.78, 5) is 63.1. The van der Waals surface area contributed by atoms with Crippen LogP contribution in [0.3, 0.4) is 0 Å². The fourth-order valence-corrected chi connectivity index (χ4v) is 7.89. The second-order valence-corrected chi connectivity index (χ2v) is 14.2. The normalized spacial score (nSPS) is 17.5. The van der Waals surface area contributed by atoms with E-state index in [2.05, 4.69) is 20.1 Å². The Morgan fingerprint density at radius 1 is 0.815 bits per heavy atom. The minimum atomic E-state index is -0.517. The number of hydrogen-bond acceptors (Lipinski definition) is 10. The number of carbonyl (C=O) groups is 3. The number of urea groups is 1. The number of likely N-dealkylation sites (tertiary alicyclic amines) is 1. The molecule has 0 unspecified atom stereocenters. The molecule has 3 saturated heterocycles. The van der Waals surface area contributed by atoms with Crippen molar-refractivity contribution in [2.24, 2.45) is 13.0 Å². The lowest BCUT2D eigenvalue weighted by atomic mass is 9.95. The van der Waals surface area contributed by atoms with Crippen molar-refractivity contribution in [2.45, 2.75) is 25.8 Å². The second kappa shape index (κ2) is 15.9. The third kappa shape index (κ3) is 7.48. The molecule has 4 aromatic rings. The van der Waals surface area contributed by atoms with E-state index in [0.29, 0.717) is 47.1 Å². The molecule has 0 radical (unpaired) electrons. The molecule has 14 heteroatoms. The molecule has 5 heterocycles. The highest BCUT2D eigenvalue weighted by Gasteiger charge is 2.30. The number of aryl methyl sites for hydroxylation is 1. The van der Waals surface area contributed by atoms with Gasteiger partial charge in [-0.2, -0.15) is 0 Å². The first-order valence-electron chi connectivity index (χ1n) is 18.4. The Morgan fingerprint density at radius 2 is 1.54 bits per heavy atom. The Kier molecular flexibility index (Phi) is 10.8. The van der Waals surface area contributed by atoms with Gasteiger partial charge < -0.3 is 28.6 Å². The molecule has 0 bridgehead atoms. The van der Waals surface area contributed by atoms with Crippen LogP contribution in [0.4, 0.5) is 10.5 Å². The van der Waals surface area contributed by atoms with Crippen LogP contribution in [0.25, 0.3) is 21.9 Å². The largest absolute Gasteiger partial charge is 0.496 e. The number of amides is 4. The van der Waals surface area contributed by atoms with E-state index in [1.54, 1.807) is 56.4 Å². The maximum Gasteiger partial charge on any atom is 0.328 e. The lowest BCUT2D eigenvalue weighted by molar-refractivity contribution is -0.120. The number of fused-ring (bicyclic) bond motifs is 1. The fraction of sp³-hybridized carbons (Fsp3) is 0.425. The summed E-state index contributed by atoms with van der Waals surface area (Å²) >= 11 is 0. The van der Waals surface area contributed by atoms with Gasteiger partial charge in [-0.05, 0) is 60.5 Å². The van der Waals surface area contributed by atoms with Crippen LogP contribution in [0.1, 0.15) is 35.2 Å². The number of piperazine rings is 1. The molecule has 1 N–H and O–H groups in total. The number of pyridine rings is 2. The Morgan fingerprint density at radius 3 is 2.24 bits per heavy atom. The predicted molar refractivity (Wildman–Crippen MR) is 204 cm³/mol. The van der Waals surface area contributed by atoms with Crippen molar-refractivity contribution in [2.75, 3.05) is 78.6 Å². The number of aromatic nitrogens is 2.